The molecule has 0 aliphatic carbocycles. The van der Waals surface area contributed by atoms with Crippen LogP contribution in [0.1, 0.15) is 12.0 Å². The van der Waals surface area contributed by atoms with E-state index in [2.05, 4.69) is 6.58 Å². The minimum Gasteiger partial charge on any atom is -0.504 e. The number of phenolic OH excluding ortho intramolecular Hbond substituents is 2. The Labute approximate surface area is 221 Å². The number of phenols is 2. The molecule has 2 aliphatic heterocycles. The van der Waals surface area contributed by atoms with Gasteiger partial charge in [0.15, 0.2) is 17.8 Å². The van der Waals surface area contributed by atoms with E-state index >= 15 is 0 Å². The van der Waals surface area contributed by atoms with Crippen molar-refractivity contribution in [3.63, 3.8) is 0 Å². The molecule has 2 aliphatic rings. The van der Waals surface area contributed by atoms with E-state index in [0.717, 1.165) is 12.3 Å². The number of ether oxygens (including phenoxy) is 4. The van der Waals surface area contributed by atoms with Crippen LogP contribution < -0.4 is 0 Å². The lowest BCUT2D eigenvalue weighted by Gasteiger charge is -2.43. The van der Waals surface area contributed by atoms with E-state index in [4.69, 9.17) is 18.9 Å². The zero-order valence-corrected chi connectivity index (χ0v) is 20.3. The first kappa shape index (κ1) is 29.6. The van der Waals surface area contributed by atoms with E-state index < -0.39 is 85.5 Å². The van der Waals surface area contributed by atoms with Gasteiger partial charge in [0.05, 0.1) is 18.3 Å². The van der Waals surface area contributed by atoms with Crippen molar-refractivity contribution >= 4 is 24.0 Å². The Balaban J connectivity index is 1.67. The van der Waals surface area contributed by atoms with Gasteiger partial charge < -0.3 is 54.7 Å². The Bertz CT molecular complexity index is 1140. The second kappa shape index (κ2) is 12.7. The van der Waals surface area contributed by atoms with Gasteiger partial charge in [-0.25, -0.2) is 9.59 Å². The molecule has 0 saturated carbocycles. The van der Waals surface area contributed by atoms with Crippen LogP contribution in [0.4, 0.5) is 0 Å². The molecule has 212 valence electrons. The summed E-state index contributed by atoms with van der Waals surface area (Å²) in [6.45, 7) is 2.99. The van der Waals surface area contributed by atoms with Crippen molar-refractivity contribution in [3.05, 3.63) is 54.3 Å². The van der Waals surface area contributed by atoms with Gasteiger partial charge in [-0.05, 0) is 23.8 Å². The van der Waals surface area contributed by atoms with Crippen LogP contribution in [0.3, 0.4) is 0 Å². The maximum atomic E-state index is 12.1. The zero-order valence-electron chi connectivity index (χ0n) is 20.3. The van der Waals surface area contributed by atoms with Gasteiger partial charge in [-0.15, -0.1) is 6.58 Å². The third-order valence-electron chi connectivity index (χ3n) is 6.16. The van der Waals surface area contributed by atoms with Crippen LogP contribution in [-0.2, 0) is 33.3 Å². The lowest BCUT2D eigenvalue weighted by atomic mass is 9.81. The third-order valence-corrected chi connectivity index (χ3v) is 6.16. The molecule has 0 amide bonds. The number of aromatic hydroxyl groups is 2. The summed E-state index contributed by atoms with van der Waals surface area (Å²) in [6, 6.07) is 3.84. The smallest absolute Gasteiger partial charge is 0.335 e. The Morgan fingerprint density at radius 1 is 1.00 bits per heavy atom. The summed E-state index contributed by atoms with van der Waals surface area (Å²) in [4.78, 5) is 35.0. The Kier molecular flexibility index (Phi) is 9.66. The van der Waals surface area contributed by atoms with Crippen LogP contribution in [0.2, 0.25) is 0 Å². The molecule has 1 aromatic carbocycles. The molecule has 14 heteroatoms. The molecule has 0 spiro atoms. The Morgan fingerprint density at radius 2 is 1.72 bits per heavy atom. The minimum atomic E-state index is -1.81. The molecule has 2 heterocycles. The van der Waals surface area contributed by atoms with Crippen LogP contribution in [0, 0.1) is 11.8 Å². The molecule has 1 fully saturated rings. The molecular formula is C25H28O14. The third kappa shape index (κ3) is 7.13. The van der Waals surface area contributed by atoms with Gasteiger partial charge >= 0.3 is 17.9 Å². The lowest BCUT2D eigenvalue weighted by Crippen LogP contribution is -2.60. The van der Waals surface area contributed by atoms with Gasteiger partial charge in [-0.3, -0.25) is 4.79 Å². The number of benzene rings is 1. The summed E-state index contributed by atoms with van der Waals surface area (Å²) < 4.78 is 21.4. The molecule has 1 saturated heterocycles. The number of carbonyl (C=O) groups is 3. The molecule has 0 radical (unpaired) electrons. The van der Waals surface area contributed by atoms with Gasteiger partial charge in [-0.1, -0.05) is 12.1 Å². The SMILES string of the molecule is C=CC1C(O[C@@H]2O[C@H](COC(=O)/C=C/c3ccc(O)c(O)c3)[C@@H](O)[C@H](O)[C@H]2O)OC=C(C(=O)O)C1CC(=O)O. The fourth-order valence-corrected chi connectivity index (χ4v) is 4.08. The van der Waals surface area contributed by atoms with Crippen molar-refractivity contribution in [1.82, 2.24) is 0 Å². The van der Waals surface area contributed by atoms with E-state index in [0.29, 0.717) is 5.56 Å². The summed E-state index contributed by atoms with van der Waals surface area (Å²) in [5, 5.41) is 68.5. The van der Waals surface area contributed by atoms with Gasteiger partial charge in [0, 0.05) is 17.9 Å². The van der Waals surface area contributed by atoms with Crippen molar-refractivity contribution in [3.8, 4) is 11.5 Å². The molecule has 0 bridgehead atoms. The van der Waals surface area contributed by atoms with Crippen molar-refractivity contribution in [2.75, 3.05) is 6.61 Å². The highest BCUT2D eigenvalue weighted by atomic mass is 16.8. The van der Waals surface area contributed by atoms with Crippen LogP contribution in [0.15, 0.2) is 48.8 Å². The molecule has 3 rings (SSSR count). The number of aliphatic hydroxyl groups excluding tert-OH is 3. The molecule has 7 N–H and O–H groups in total. The lowest BCUT2D eigenvalue weighted by molar-refractivity contribution is -0.339. The highest BCUT2D eigenvalue weighted by molar-refractivity contribution is 5.88. The van der Waals surface area contributed by atoms with Gasteiger partial charge in [0.1, 0.15) is 31.0 Å². The predicted molar refractivity (Wildman–Crippen MR) is 128 cm³/mol. The molecule has 1 aromatic rings. The minimum absolute atomic E-state index is 0.330. The van der Waals surface area contributed by atoms with Crippen molar-refractivity contribution < 1.29 is 69.1 Å². The summed E-state index contributed by atoms with van der Waals surface area (Å²) in [6.07, 6.45) is -6.02. The number of carboxylic acid groups (broad SMARTS) is 2. The van der Waals surface area contributed by atoms with Crippen molar-refractivity contribution in [1.29, 1.82) is 0 Å². The van der Waals surface area contributed by atoms with E-state index in [1.165, 1.54) is 30.4 Å². The molecule has 8 atom stereocenters. The Hall–Kier alpha value is -3.95. The second-order valence-electron chi connectivity index (χ2n) is 8.76. The van der Waals surface area contributed by atoms with Crippen LogP contribution in [-0.4, -0.2) is 97.3 Å². The topological polar surface area (TPSA) is 230 Å². The number of carboxylic acids is 2. The quantitative estimate of drug-likeness (QED) is 0.0855. The maximum Gasteiger partial charge on any atom is 0.335 e. The summed E-state index contributed by atoms with van der Waals surface area (Å²) in [5.41, 5.74) is 0.0387. The normalized spacial score (nSPS) is 30.7. The largest absolute Gasteiger partial charge is 0.504 e. The second-order valence-corrected chi connectivity index (χ2v) is 8.76. The average Bonchev–Trinajstić information content (AvgIpc) is 2.88. The molecule has 39 heavy (non-hydrogen) atoms. The van der Waals surface area contributed by atoms with Gasteiger partial charge in [0.2, 0.25) is 6.29 Å². The van der Waals surface area contributed by atoms with Crippen molar-refractivity contribution in [2.45, 2.75) is 43.4 Å². The van der Waals surface area contributed by atoms with Gasteiger partial charge in [0.25, 0.3) is 0 Å². The number of aliphatic carboxylic acids is 2. The predicted octanol–water partition coefficient (Wildman–Crippen LogP) is -0.304. The highest BCUT2D eigenvalue weighted by Crippen LogP contribution is 2.36. The molecule has 0 aromatic heterocycles. The fourth-order valence-electron chi connectivity index (χ4n) is 4.08. The monoisotopic (exact) mass is 552 g/mol. The number of hydrogen-bond acceptors (Lipinski definition) is 12. The van der Waals surface area contributed by atoms with Crippen LogP contribution >= 0.6 is 0 Å². The van der Waals surface area contributed by atoms with E-state index in [1.54, 1.807) is 0 Å². The first-order valence-corrected chi connectivity index (χ1v) is 11.6. The van der Waals surface area contributed by atoms with Crippen LogP contribution in [0.25, 0.3) is 6.08 Å². The molecule has 3 unspecified atom stereocenters. The molecular weight excluding hydrogens is 524 g/mol. The summed E-state index contributed by atoms with van der Waals surface area (Å²) in [7, 11) is 0. The summed E-state index contributed by atoms with van der Waals surface area (Å²) >= 11 is 0. The number of carbonyl (C=O) groups excluding carboxylic acids is 1. The highest BCUT2D eigenvalue weighted by Gasteiger charge is 2.48. The van der Waals surface area contributed by atoms with E-state index in [-0.39, 0.29) is 11.3 Å². The average molecular weight is 552 g/mol. The fraction of sp³-hybridized carbons (Fsp3) is 0.400. The standard InChI is InChI=1S/C25H28O14/c1-2-12-13(8-18(28)29)14(23(34)35)9-37-24(12)39-25-22(33)21(32)20(31)17(38-25)10-36-19(30)6-4-11-3-5-15(26)16(27)7-11/h2-7,9,12-13,17,20-22,24-27,31-33H,1,8,10H2,(H,28,29)(H,34,35)/b6-4+/t12?,13?,17-,20-,21+,22-,24?,25+/m1/s1. The first-order chi connectivity index (χ1) is 18.4. The van der Waals surface area contributed by atoms with Crippen molar-refractivity contribution in [2.24, 2.45) is 11.8 Å². The number of hydrogen-bond donors (Lipinski definition) is 7. The van der Waals surface area contributed by atoms with E-state index in [1.807, 2.05) is 0 Å². The van der Waals surface area contributed by atoms with E-state index in [9.17, 15) is 50.1 Å². The maximum absolute atomic E-state index is 12.1. The molecule has 14 nitrogen and oxygen atoms in total. The summed E-state index contributed by atoms with van der Waals surface area (Å²) in [5.74, 6) is -6.44. The number of rotatable bonds is 10. The zero-order chi connectivity index (χ0) is 28.9. The van der Waals surface area contributed by atoms with Gasteiger partial charge in [-0.2, -0.15) is 0 Å². The Morgan fingerprint density at radius 3 is 2.33 bits per heavy atom. The first-order valence-electron chi connectivity index (χ1n) is 11.6. The number of aliphatic hydroxyl groups is 3. The number of esters is 1. The van der Waals surface area contributed by atoms with Crippen LogP contribution in [0.5, 0.6) is 11.5 Å².